The Balaban J connectivity index is 2.07. The summed E-state index contributed by atoms with van der Waals surface area (Å²) in [6, 6.07) is 14.9. The third kappa shape index (κ3) is 5.12. The van der Waals surface area contributed by atoms with Crippen LogP contribution in [0.5, 0.6) is 0 Å². The lowest BCUT2D eigenvalue weighted by Crippen LogP contribution is -2.50. The molecule has 32 heavy (non-hydrogen) atoms. The van der Waals surface area contributed by atoms with Crippen LogP contribution >= 0.6 is 0 Å². The van der Waals surface area contributed by atoms with Crippen LogP contribution in [0, 0.1) is 18.8 Å². The van der Waals surface area contributed by atoms with Gasteiger partial charge in [-0.3, -0.25) is 4.79 Å². The Labute approximate surface area is 191 Å². The number of aryl methyl sites for hydroxylation is 1. The van der Waals surface area contributed by atoms with Crippen molar-refractivity contribution < 1.29 is 23.1 Å². The van der Waals surface area contributed by atoms with Crippen molar-refractivity contribution in [3.63, 3.8) is 0 Å². The molecular weight excluding hydrogens is 426 g/mol. The van der Waals surface area contributed by atoms with Crippen LogP contribution in [0.3, 0.4) is 0 Å². The van der Waals surface area contributed by atoms with E-state index < -0.39 is 34.3 Å². The van der Waals surface area contributed by atoms with Gasteiger partial charge in [0.1, 0.15) is 6.23 Å². The van der Waals surface area contributed by atoms with Gasteiger partial charge in [-0.15, -0.1) is 0 Å². The van der Waals surface area contributed by atoms with Gasteiger partial charge in [0.25, 0.3) is 0 Å². The third-order valence-corrected chi connectivity index (χ3v) is 7.86. The minimum absolute atomic E-state index is 0.126. The highest BCUT2D eigenvalue weighted by Gasteiger charge is 2.50. The molecule has 2 aromatic carbocycles. The number of rotatable bonds is 9. The van der Waals surface area contributed by atoms with E-state index in [0.717, 1.165) is 5.56 Å². The fourth-order valence-electron chi connectivity index (χ4n) is 4.21. The van der Waals surface area contributed by atoms with Crippen LogP contribution < -0.4 is 0 Å². The molecule has 4 atom stereocenters. The summed E-state index contributed by atoms with van der Waals surface area (Å²) in [4.78, 5) is 13.7. The van der Waals surface area contributed by atoms with E-state index in [2.05, 4.69) is 0 Å². The van der Waals surface area contributed by atoms with E-state index >= 15 is 0 Å². The Morgan fingerprint density at radius 3 is 2.31 bits per heavy atom. The maximum Gasteiger partial charge on any atom is 0.245 e. The van der Waals surface area contributed by atoms with E-state index in [1.54, 1.807) is 48.5 Å². The average Bonchev–Trinajstić information content (AvgIpc) is 3.18. The number of Topliss-reactive ketones (excluding diaryl/α,β-unsaturated/α-hetero) is 1. The molecule has 174 valence electrons. The molecule has 7 heteroatoms. The number of nitrogens with zero attached hydrogens (tertiary/aromatic N) is 1. The number of ether oxygens (including phenoxy) is 1. The Morgan fingerprint density at radius 1 is 1.12 bits per heavy atom. The van der Waals surface area contributed by atoms with Crippen LogP contribution in [-0.2, 0) is 14.8 Å². The number of sulfonamides is 1. The zero-order chi connectivity index (χ0) is 23.5. The molecule has 0 bridgehead atoms. The smallest absolute Gasteiger partial charge is 0.245 e. The molecule has 0 amide bonds. The fourth-order valence-corrected chi connectivity index (χ4v) is 6.00. The summed E-state index contributed by atoms with van der Waals surface area (Å²) in [6.45, 7) is 7.88. The standard InChI is InChI=1S/C25H33NO5S/c1-5-20-16-31-25(26(20)32(29,30)21-13-11-18(4)12-14-21)23(22(27)15-17(2)3)24(28)19-9-7-6-8-10-19/h6-14,17,20,22-23,25,27H,5,15-16H2,1-4H3/t20-,22+,23+,25-/m1/s1. The molecule has 0 saturated carbocycles. The predicted octanol–water partition coefficient (Wildman–Crippen LogP) is 4.03. The summed E-state index contributed by atoms with van der Waals surface area (Å²) >= 11 is 0. The predicted molar refractivity (Wildman–Crippen MR) is 124 cm³/mol. The Hall–Kier alpha value is -2.06. The molecule has 0 aliphatic carbocycles. The zero-order valence-electron chi connectivity index (χ0n) is 19.1. The maximum absolute atomic E-state index is 13.7. The maximum atomic E-state index is 13.7. The van der Waals surface area contributed by atoms with Gasteiger partial charge in [-0.05, 0) is 37.8 Å². The van der Waals surface area contributed by atoms with Gasteiger partial charge in [0.15, 0.2) is 5.78 Å². The lowest BCUT2D eigenvalue weighted by Gasteiger charge is -2.34. The lowest BCUT2D eigenvalue weighted by atomic mass is 9.86. The summed E-state index contributed by atoms with van der Waals surface area (Å²) in [7, 11) is -3.94. The topological polar surface area (TPSA) is 83.9 Å². The molecule has 3 rings (SSSR count). The van der Waals surface area contributed by atoms with Crippen molar-refractivity contribution in [2.75, 3.05) is 6.61 Å². The first kappa shape index (κ1) is 24.6. The van der Waals surface area contributed by atoms with Crippen molar-refractivity contribution in [2.45, 2.75) is 63.8 Å². The normalized spacial score (nSPS) is 21.6. The summed E-state index contributed by atoms with van der Waals surface area (Å²) in [5.74, 6) is -1.22. The minimum atomic E-state index is -3.94. The first-order valence-electron chi connectivity index (χ1n) is 11.2. The zero-order valence-corrected chi connectivity index (χ0v) is 20.0. The van der Waals surface area contributed by atoms with E-state index in [1.165, 1.54) is 4.31 Å². The Bertz CT molecular complexity index is 1000. The molecular formula is C25H33NO5S. The largest absolute Gasteiger partial charge is 0.392 e. The SMILES string of the molecule is CC[C@@H]1CO[C@H]([C@H](C(=O)c2ccccc2)[C@@H](O)CC(C)C)N1S(=O)(=O)c1ccc(C)cc1. The molecule has 1 aliphatic heterocycles. The highest BCUT2D eigenvalue weighted by molar-refractivity contribution is 7.89. The molecule has 0 radical (unpaired) electrons. The van der Waals surface area contributed by atoms with Crippen molar-refractivity contribution in [1.82, 2.24) is 4.31 Å². The Morgan fingerprint density at radius 2 is 1.75 bits per heavy atom. The quantitative estimate of drug-likeness (QED) is 0.573. The molecule has 2 aromatic rings. The second-order valence-electron chi connectivity index (χ2n) is 8.89. The minimum Gasteiger partial charge on any atom is -0.392 e. The summed E-state index contributed by atoms with van der Waals surface area (Å²) in [6.07, 6.45) is -1.22. The van der Waals surface area contributed by atoms with Crippen LogP contribution in [0.4, 0.5) is 0 Å². The van der Waals surface area contributed by atoms with Gasteiger partial charge in [0, 0.05) is 5.56 Å². The van der Waals surface area contributed by atoms with Gasteiger partial charge < -0.3 is 9.84 Å². The van der Waals surface area contributed by atoms with Crippen molar-refractivity contribution in [3.8, 4) is 0 Å². The molecule has 1 fully saturated rings. The molecule has 1 N–H and O–H groups in total. The van der Waals surface area contributed by atoms with Gasteiger partial charge >= 0.3 is 0 Å². The summed E-state index contributed by atoms with van der Waals surface area (Å²) in [5, 5.41) is 11.1. The second kappa shape index (κ2) is 10.3. The molecule has 0 aromatic heterocycles. The number of carbonyl (C=O) groups is 1. The molecule has 6 nitrogen and oxygen atoms in total. The van der Waals surface area contributed by atoms with E-state index in [9.17, 15) is 18.3 Å². The molecule has 0 spiro atoms. The van der Waals surface area contributed by atoms with Crippen LogP contribution in [0.1, 0.15) is 49.5 Å². The van der Waals surface area contributed by atoms with Crippen LogP contribution in [0.15, 0.2) is 59.5 Å². The van der Waals surface area contributed by atoms with E-state index in [1.807, 2.05) is 33.8 Å². The summed E-state index contributed by atoms with van der Waals surface area (Å²) in [5.41, 5.74) is 1.38. The van der Waals surface area contributed by atoms with Crippen molar-refractivity contribution in [2.24, 2.45) is 11.8 Å². The van der Waals surface area contributed by atoms with Gasteiger partial charge in [-0.1, -0.05) is 68.8 Å². The number of hydrogen-bond acceptors (Lipinski definition) is 5. The monoisotopic (exact) mass is 459 g/mol. The Kier molecular flexibility index (Phi) is 7.88. The number of benzene rings is 2. The van der Waals surface area contributed by atoms with Crippen molar-refractivity contribution in [3.05, 3.63) is 65.7 Å². The third-order valence-electron chi connectivity index (χ3n) is 5.93. The first-order chi connectivity index (χ1) is 15.2. The van der Waals surface area contributed by atoms with Crippen LogP contribution in [-0.4, -0.2) is 48.6 Å². The van der Waals surface area contributed by atoms with Gasteiger partial charge in [-0.25, -0.2) is 8.42 Å². The van der Waals surface area contributed by atoms with Crippen LogP contribution in [0.25, 0.3) is 0 Å². The van der Waals surface area contributed by atoms with Gasteiger partial charge in [0.2, 0.25) is 10.0 Å². The number of aliphatic hydroxyl groups excluding tert-OH is 1. The molecule has 1 saturated heterocycles. The highest BCUT2D eigenvalue weighted by atomic mass is 32.2. The second-order valence-corrected chi connectivity index (χ2v) is 10.7. The van der Waals surface area contributed by atoms with Crippen LogP contribution in [0.2, 0.25) is 0 Å². The fraction of sp³-hybridized carbons (Fsp3) is 0.480. The number of carbonyl (C=O) groups excluding carboxylic acids is 1. The molecule has 1 heterocycles. The summed E-state index contributed by atoms with van der Waals surface area (Å²) < 4.78 is 34.7. The van der Waals surface area contributed by atoms with Gasteiger partial charge in [-0.2, -0.15) is 4.31 Å². The average molecular weight is 460 g/mol. The number of hydrogen-bond donors (Lipinski definition) is 1. The van der Waals surface area contributed by atoms with Crippen molar-refractivity contribution in [1.29, 1.82) is 0 Å². The van der Waals surface area contributed by atoms with E-state index in [4.69, 9.17) is 4.74 Å². The van der Waals surface area contributed by atoms with Crippen molar-refractivity contribution >= 4 is 15.8 Å². The van der Waals surface area contributed by atoms with Gasteiger partial charge in [0.05, 0.1) is 29.6 Å². The molecule has 0 unspecified atom stereocenters. The highest BCUT2D eigenvalue weighted by Crippen LogP contribution is 2.35. The first-order valence-corrected chi connectivity index (χ1v) is 12.6. The number of aliphatic hydroxyl groups is 1. The molecule has 1 aliphatic rings. The van der Waals surface area contributed by atoms with E-state index in [-0.39, 0.29) is 23.2 Å². The van der Waals surface area contributed by atoms with E-state index in [0.29, 0.717) is 18.4 Å². The number of ketones is 1. The lowest BCUT2D eigenvalue weighted by molar-refractivity contribution is -0.0317.